The highest BCUT2D eigenvalue weighted by atomic mass is 35.5. The van der Waals surface area contributed by atoms with E-state index in [2.05, 4.69) is 39.1 Å². The van der Waals surface area contributed by atoms with Gasteiger partial charge in [0.1, 0.15) is 0 Å². The first-order valence-corrected chi connectivity index (χ1v) is 9.47. The molecule has 1 atom stereocenters. The van der Waals surface area contributed by atoms with Crippen molar-refractivity contribution in [3.8, 4) is 0 Å². The van der Waals surface area contributed by atoms with E-state index in [0.29, 0.717) is 17.2 Å². The number of piperazine rings is 1. The predicted molar refractivity (Wildman–Crippen MR) is 107 cm³/mol. The quantitative estimate of drug-likeness (QED) is 0.823. The first-order valence-electron chi connectivity index (χ1n) is 9.09. The van der Waals surface area contributed by atoms with Crippen molar-refractivity contribution in [2.24, 2.45) is 4.99 Å². The van der Waals surface area contributed by atoms with Gasteiger partial charge in [-0.2, -0.15) is 0 Å². The molecule has 2 aliphatic rings. The van der Waals surface area contributed by atoms with Crippen LogP contribution in [0.2, 0.25) is 5.02 Å². The number of carbonyl (C=O) groups is 1. The third-order valence-corrected chi connectivity index (χ3v) is 5.47. The molecule has 1 aliphatic carbocycles. The van der Waals surface area contributed by atoms with Crippen molar-refractivity contribution in [2.45, 2.75) is 18.9 Å². The summed E-state index contributed by atoms with van der Waals surface area (Å²) in [6.45, 7) is 3.97. The number of ketones is 1. The second kappa shape index (κ2) is 7.60. The molecule has 2 aromatic rings. The molecule has 5 heteroatoms. The van der Waals surface area contributed by atoms with E-state index in [1.54, 1.807) is 12.1 Å². The van der Waals surface area contributed by atoms with Gasteiger partial charge in [-0.1, -0.05) is 29.8 Å². The van der Waals surface area contributed by atoms with Gasteiger partial charge < -0.3 is 4.90 Å². The molecule has 1 unspecified atom stereocenters. The summed E-state index contributed by atoms with van der Waals surface area (Å²) in [5.41, 5.74) is 2.77. The zero-order valence-electron chi connectivity index (χ0n) is 14.6. The van der Waals surface area contributed by atoms with Gasteiger partial charge >= 0.3 is 0 Å². The molecule has 1 saturated heterocycles. The Morgan fingerprint density at radius 1 is 0.885 bits per heavy atom. The number of anilines is 1. The van der Waals surface area contributed by atoms with Gasteiger partial charge in [-0.05, 0) is 36.4 Å². The van der Waals surface area contributed by atoms with Crippen molar-refractivity contribution in [1.29, 1.82) is 0 Å². The van der Waals surface area contributed by atoms with E-state index in [1.165, 1.54) is 5.69 Å². The highest BCUT2D eigenvalue weighted by Crippen LogP contribution is 2.25. The summed E-state index contributed by atoms with van der Waals surface area (Å²) in [6.07, 6.45) is 1.32. The fraction of sp³-hybridized carbons (Fsp3) is 0.333. The highest BCUT2D eigenvalue weighted by molar-refractivity contribution is 6.42. The first-order chi connectivity index (χ1) is 12.7. The Morgan fingerprint density at radius 2 is 1.58 bits per heavy atom. The number of hydrogen-bond donors (Lipinski definition) is 0. The van der Waals surface area contributed by atoms with Gasteiger partial charge in [0.05, 0.1) is 11.4 Å². The monoisotopic (exact) mass is 367 g/mol. The molecule has 0 aromatic heterocycles. The molecule has 1 heterocycles. The summed E-state index contributed by atoms with van der Waals surface area (Å²) >= 11 is 5.91. The van der Waals surface area contributed by atoms with E-state index in [1.807, 2.05) is 18.2 Å². The fourth-order valence-corrected chi connectivity index (χ4v) is 3.89. The molecule has 26 heavy (non-hydrogen) atoms. The predicted octanol–water partition coefficient (Wildman–Crippen LogP) is 3.97. The molecule has 134 valence electrons. The van der Waals surface area contributed by atoms with Crippen LogP contribution in [0.3, 0.4) is 0 Å². The topological polar surface area (TPSA) is 35.9 Å². The summed E-state index contributed by atoms with van der Waals surface area (Å²) in [5.74, 6) is 0.176. The Labute approximate surface area is 159 Å². The number of aliphatic imine (C=N–C) groups is 1. The number of rotatable bonds is 3. The zero-order valence-corrected chi connectivity index (χ0v) is 15.4. The molecule has 2 aromatic carbocycles. The Kier molecular flexibility index (Phi) is 5.05. The summed E-state index contributed by atoms with van der Waals surface area (Å²) in [7, 11) is 0. The molecule has 2 fully saturated rings. The van der Waals surface area contributed by atoms with Crippen LogP contribution in [-0.2, 0) is 4.79 Å². The van der Waals surface area contributed by atoms with E-state index in [0.717, 1.165) is 38.3 Å². The lowest BCUT2D eigenvalue weighted by atomic mass is 10.1. The van der Waals surface area contributed by atoms with E-state index < -0.39 is 0 Å². The number of halogens is 1. The van der Waals surface area contributed by atoms with Gasteiger partial charge in [-0.25, -0.2) is 4.99 Å². The van der Waals surface area contributed by atoms with Crippen molar-refractivity contribution < 1.29 is 4.79 Å². The zero-order chi connectivity index (χ0) is 17.9. The number of carbonyl (C=O) groups excluding carboxylic acids is 1. The molecule has 0 spiro atoms. The van der Waals surface area contributed by atoms with Gasteiger partial charge in [0.25, 0.3) is 0 Å². The summed E-state index contributed by atoms with van der Waals surface area (Å²) in [6, 6.07) is 18.1. The lowest BCUT2D eigenvalue weighted by Gasteiger charge is -2.38. The lowest BCUT2D eigenvalue weighted by Crippen LogP contribution is -2.49. The average Bonchev–Trinajstić information content (AvgIpc) is 3.05. The molecule has 0 amide bonds. The molecule has 4 rings (SSSR count). The van der Waals surface area contributed by atoms with E-state index in [9.17, 15) is 4.79 Å². The molecule has 1 saturated carbocycles. The van der Waals surface area contributed by atoms with Crippen LogP contribution in [0.1, 0.15) is 12.8 Å². The average molecular weight is 368 g/mol. The van der Waals surface area contributed by atoms with Crippen molar-refractivity contribution in [1.82, 2.24) is 4.90 Å². The van der Waals surface area contributed by atoms with Crippen molar-refractivity contribution in [3.05, 3.63) is 59.6 Å². The van der Waals surface area contributed by atoms with Gasteiger partial charge in [0.2, 0.25) is 0 Å². The molecule has 0 N–H and O–H groups in total. The number of Topliss-reactive ketones (excluding diaryl/α,β-unsaturated/α-hetero) is 1. The van der Waals surface area contributed by atoms with Gasteiger partial charge in [0.15, 0.2) is 5.78 Å². The smallest absolute Gasteiger partial charge is 0.178 e. The van der Waals surface area contributed by atoms with Crippen LogP contribution in [0, 0.1) is 0 Å². The van der Waals surface area contributed by atoms with E-state index in [-0.39, 0.29) is 11.8 Å². The fourth-order valence-electron chi connectivity index (χ4n) is 3.76. The largest absolute Gasteiger partial charge is 0.369 e. The van der Waals surface area contributed by atoms with E-state index >= 15 is 0 Å². The second-order valence-electron chi connectivity index (χ2n) is 6.88. The summed E-state index contributed by atoms with van der Waals surface area (Å²) in [5, 5.41) is 0.681. The van der Waals surface area contributed by atoms with Gasteiger partial charge in [-0.15, -0.1) is 0 Å². The maximum Gasteiger partial charge on any atom is 0.178 e. The van der Waals surface area contributed by atoms with Crippen LogP contribution in [-0.4, -0.2) is 48.6 Å². The number of para-hydroxylation sites is 1. The Morgan fingerprint density at radius 3 is 2.27 bits per heavy atom. The molecular weight excluding hydrogens is 346 g/mol. The molecular formula is C21H22ClN3O. The number of hydrogen-bond acceptors (Lipinski definition) is 4. The van der Waals surface area contributed by atoms with E-state index in [4.69, 9.17) is 11.6 Å². The third-order valence-electron chi connectivity index (χ3n) is 5.21. The molecule has 0 radical (unpaired) electrons. The van der Waals surface area contributed by atoms with Crippen LogP contribution < -0.4 is 4.90 Å². The Balaban J connectivity index is 1.38. The Bertz CT molecular complexity index is 796. The molecule has 0 bridgehead atoms. The van der Waals surface area contributed by atoms with Gasteiger partial charge in [0, 0.05) is 55.8 Å². The maximum absolute atomic E-state index is 12.4. The standard InChI is InChI=1S/C21H22ClN3O/c22-16-6-8-17(9-7-16)23-20-14-19(15-21(20)26)25-12-10-24(11-13-25)18-4-2-1-3-5-18/h1-9,19H,10-15H2. The minimum Gasteiger partial charge on any atom is -0.369 e. The molecule has 1 aliphatic heterocycles. The minimum absolute atomic E-state index is 0.176. The second-order valence-corrected chi connectivity index (χ2v) is 7.32. The SMILES string of the molecule is O=C1CC(N2CCN(c3ccccc3)CC2)CC1=Nc1ccc(Cl)cc1. The Hall–Kier alpha value is -2.17. The van der Waals surface area contributed by atoms with Crippen LogP contribution in [0.5, 0.6) is 0 Å². The summed E-state index contributed by atoms with van der Waals surface area (Å²) in [4.78, 5) is 21.8. The lowest BCUT2D eigenvalue weighted by molar-refractivity contribution is -0.112. The van der Waals surface area contributed by atoms with Gasteiger partial charge in [-0.3, -0.25) is 9.69 Å². The van der Waals surface area contributed by atoms with Crippen LogP contribution in [0.4, 0.5) is 11.4 Å². The maximum atomic E-state index is 12.4. The van der Waals surface area contributed by atoms with Crippen LogP contribution >= 0.6 is 11.6 Å². The molecule has 4 nitrogen and oxygen atoms in total. The van der Waals surface area contributed by atoms with Crippen LogP contribution in [0.15, 0.2) is 59.6 Å². The summed E-state index contributed by atoms with van der Waals surface area (Å²) < 4.78 is 0. The third kappa shape index (κ3) is 3.81. The first kappa shape index (κ1) is 17.3. The highest BCUT2D eigenvalue weighted by Gasteiger charge is 2.34. The van der Waals surface area contributed by atoms with Crippen molar-refractivity contribution in [3.63, 3.8) is 0 Å². The van der Waals surface area contributed by atoms with Crippen molar-refractivity contribution in [2.75, 3.05) is 31.1 Å². The minimum atomic E-state index is 0.176. The normalized spacial score (nSPS) is 23.0. The van der Waals surface area contributed by atoms with Crippen molar-refractivity contribution >= 4 is 34.5 Å². The number of benzene rings is 2. The number of nitrogens with zero attached hydrogens (tertiary/aromatic N) is 3. The van der Waals surface area contributed by atoms with Crippen LogP contribution in [0.25, 0.3) is 0 Å².